The monoisotopic (exact) mass is 599 g/mol. The molecule has 0 atom stereocenters. The van der Waals surface area contributed by atoms with Gasteiger partial charge in [0, 0.05) is 52.2 Å². The van der Waals surface area contributed by atoms with Crippen molar-refractivity contribution in [3.8, 4) is 0 Å². The fraction of sp³-hybridized carbons (Fsp3) is 0.412. The lowest BCUT2D eigenvalue weighted by Crippen LogP contribution is -2.46. The molecule has 10 heteroatoms. The van der Waals surface area contributed by atoms with Crippen LogP contribution >= 0.6 is 0 Å². The van der Waals surface area contributed by atoms with Gasteiger partial charge >= 0.3 is 0 Å². The van der Waals surface area contributed by atoms with E-state index in [2.05, 4.69) is 29.0 Å². The van der Waals surface area contributed by atoms with Gasteiger partial charge in [0.25, 0.3) is 5.56 Å². The van der Waals surface area contributed by atoms with Crippen LogP contribution in [0.2, 0.25) is 0 Å². The summed E-state index contributed by atoms with van der Waals surface area (Å²) >= 11 is 0. The summed E-state index contributed by atoms with van der Waals surface area (Å²) in [7, 11) is 1.65. The number of methoxy groups -OCH3 is 1. The highest BCUT2D eigenvalue weighted by Crippen LogP contribution is 2.37. The van der Waals surface area contributed by atoms with Crippen molar-refractivity contribution in [1.29, 1.82) is 0 Å². The van der Waals surface area contributed by atoms with Gasteiger partial charge in [-0.3, -0.25) is 24.3 Å². The summed E-state index contributed by atoms with van der Waals surface area (Å²) in [6, 6.07) is 13.4. The minimum Gasteiger partial charge on any atom is -0.461 e. The number of furan rings is 1. The van der Waals surface area contributed by atoms with Crippen LogP contribution in [0.5, 0.6) is 0 Å². The Labute approximate surface area is 257 Å². The molecule has 0 bridgehead atoms. The zero-order valence-corrected chi connectivity index (χ0v) is 26.3. The summed E-state index contributed by atoms with van der Waals surface area (Å²) in [6.45, 7) is 12.3. The molecule has 0 fully saturated rings. The van der Waals surface area contributed by atoms with Gasteiger partial charge in [-0.2, -0.15) is 0 Å². The number of hydrogen-bond acceptors (Lipinski definition) is 7. The van der Waals surface area contributed by atoms with Crippen molar-refractivity contribution in [3.63, 3.8) is 0 Å². The van der Waals surface area contributed by atoms with E-state index >= 15 is 0 Å². The summed E-state index contributed by atoms with van der Waals surface area (Å²) < 4.78 is 12.8. The number of pyridine rings is 2. The molecular formula is C34H41N5O5. The number of amides is 2. The van der Waals surface area contributed by atoms with Gasteiger partial charge in [-0.05, 0) is 68.1 Å². The molecule has 1 aliphatic rings. The molecule has 4 aromatic rings. The Kier molecular flexibility index (Phi) is 9.03. The van der Waals surface area contributed by atoms with E-state index in [4.69, 9.17) is 9.15 Å². The average molecular weight is 600 g/mol. The van der Waals surface area contributed by atoms with Gasteiger partial charge in [0.15, 0.2) is 0 Å². The predicted molar refractivity (Wildman–Crippen MR) is 170 cm³/mol. The Balaban J connectivity index is 1.48. The molecule has 1 aromatic carbocycles. The van der Waals surface area contributed by atoms with E-state index in [-0.39, 0.29) is 23.3 Å². The first-order valence-corrected chi connectivity index (χ1v) is 15.0. The van der Waals surface area contributed by atoms with Crippen LogP contribution in [-0.2, 0) is 40.6 Å². The third kappa shape index (κ3) is 6.46. The molecule has 44 heavy (non-hydrogen) atoms. The van der Waals surface area contributed by atoms with Crippen LogP contribution in [0.25, 0.3) is 11.0 Å². The van der Waals surface area contributed by atoms with Crippen LogP contribution < -0.4 is 15.8 Å². The molecular weight excluding hydrogens is 558 g/mol. The Morgan fingerprint density at radius 3 is 2.64 bits per heavy atom. The van der Waals surface area contributed by atoms with Crippen LogP contribution in [0, 0.1) is 18.3 Å². The molecule has 1 aliphatic heterocycles. The molecule has 5 rings (SSSR count). The minimum atomic E-state index is -1.19. The molecule has 0 radical (unpaired) electrons. The molecule has 4 heterocycles. The number of rotatable bonds is 11. The van der Waals surface area contributed by atoms with Crippen molar-refractivity contribution in [2.45, 2.75) is 60.9 Å². The summed E-state index contributed by atoms with van der Waals surface area (Å²) in [5, 5.41) is 3.54. The van der Waals surface area contributed by atoms with Crippen molar-refractivity contribution in [3.05, 3.63) is 87.8 Å². The number of aryl methyl sites for hydroxylation is 1. The highest BCUT2D eigenvalue weighted by molar-refractivity contribution is 6.19. The first kappa shape index (κ1) is 31.2. The van der Waals surface area contributed by atoms with Crippen LogP contribution in [0.3, 0.4) is 0 Å². The number of benzene rings is 1. The largest absolute Gasteiger partial charge is 0.461 e. The van der Waals surface area contributed by atoms with Gasteiger partial charge in [-0.15, -0.1) is 0 Å². The van der Waals surface area contributed by atoms with Gasteiger partial charge < -0.3 is 23.9 Å². The molecule has 2 amide bonds. The number of nitrogens with zero attached hydrogens (tertiary/aromatic N) is 4. The number of fused-ring (bicyclic) bond motifs is 2. The number of hydrogen-bond donors (Lipinski definition) is 1. The van der Waals surface area contributed by atoms with E-state index in [9.17, 15) is 14.4 Å². The zero-order chi connectivity index (χ0) is 31.6. The lowest BCUT2D eigenvalue weighted by atomic mass is 9.90. The Morgan fingerprint density at radius 2 is 1.89 bits per heavy atom. The minimum absolute atomic E-state index is 0.0908. The number of nitrogens with one attached hydrogen (secondary N) is 1. The SMILES string of the molecule is COCc1ncccc1CN(CCn1ccc2oc(C)cc2c1=O)Cc1ccc2c(c1)N(CC(C)C)C(=O)C(C)(C)C(=O)N2. The summed E-state index contributed by atoms with van der Waals surface area (Å²) in [4.78, 5) is 48.4. The van der Waals surface area contributed by atoms with Crippen LogP contribution in [0.15, 0.2) is 64.1 Å². The number of anilines is 2. The summed E-state index contributed by atoms with van der Waals surface area (Å²) in [6.07, 6.45) is 3.53. The lowest BCUT2D eigenvalue weighted by molar-refractivity contribution is -0.136. The molecule has 10 nitrogen and oxygen atoms in total. The molecule has 1 N–H and O–H groups in total. The Bertz CT molecular complexity index is 1740. The van der Waals surface area contributed by atoms with Crippen molar-refractivity contribution < 1.29 is 18.7 Å². The third-order valence-corrected chi connectivity index (χ3v) is 8.00. The highest BCUT2D eigenvalue weighted by Gasteiger charge is 2.43. The maximum Gasteiger partial charge on any atom is 0.261 e. The smallest absolute Gasteiger partial charge is 0.261 e. The fourth-order valence-electron chi connectivity index (χ4n) is 5.60. The van der Waals surface area contributed by atoms with Crippen LogP contribution in [0.4, 0.5) is 11.4 Å². The molecule has 232 valence electrons. The quantitative estimate of drug-likeness (QED) is 0.239. The first-order chi connectivity index (χ1) is 21.0. The van der Waals surface area contributed by atoms with E-state index in [1.165, 1.54) is 0 Å². The summed E-state index contributed by atoms with van der Waals surface area (Å²) in [5.41, 5.74) is 3.47. The molecule has 0 spiro atoms. The van der Waals surface area contributed by atoms with Gasteiger partial charge in [-0.25, -0.2) is 0 Å². The number of ether oxygens (including phenoxy) is 1. The lowest BCUT2D eigenvalue weighted by Gasteiger charge is -2.30. The van der Waals surface area contributed by atoms with E-state index in [1.54, 1.807) is 48.9 Å². The molecule has 3 aromatic heterocycles. The normalized spacial score (nSPS) is 14.8. The van der Waals surface area contributed by atoms with E-state index in [0.29, 0.717) is 67.4 Å². The standard InChI is InChI=1S/C34H41N5O5/c1-22(2)18-39-29-17-24(9-10-27(29)36-32(41)34(4,5)33(39)42)19-37(20-25-8-7-12-35-28(25)21-43-6)14-15-38-13-11-30-26(31(38)40)16-23(3)44-30/h7-13,16-17,22H,14-15,18-21H2,1-6H3,(H,36,41). The average Bonchev–Trinajstić information content (AvgIpc) is 3.35. The number of aromatic nitrogens is 2. The number of carbonyl (C=O) groups is 2. The Hall–Kier alpha value is -4.28. The van der Waals surface area contributed by atoms with Gasteiger partial charge in [-0.1, -0.05) is 26.0 Å². The first-order valence-electron chi connectivity index (χ1n) is 15.0. The van der Waals surface area contributed by atoms with Crippen molar-refractivity contribution in [2.75, 3.05) is 30.4 Å². The molecule has 0 saturated carbocycles. The second-order valence-electron chi connectivity index (χ2n) is 12.4. The van der Waals surface area contributed by atoms with E-state index in [0.717, 1.165) is 16.8 Å². The second-order valence-corrected chi connectivity index (χ2v) is 12.4. The van der Waals surface area contributed by atoms with Crippen molar-refractivity contribution >= 4 is 34.2 Å². The number of carbonyl (C=O) groups excluding carboxylic acids is 2. The Morgan fingerprint density at radius 1 is 1.09 bits per heavy atom. The van der Waals surface area contributed by atoms with Crippen LogP contribution in [0.1, 0.15) is 50.3 Å². The third-order valence-electron chi connectivity index (χ3n) is 8.00. The van der Waals surface area contributed by atoms with Gasteiger partial charge in [0.1, 0.15) is 16.8 Å². The predicted octanol–water partition coefficient (Wildman–Crippen LogP) is 5.11. The van der Waals surface area contributed by atoms with Crippen LogP contribution in [-0.4, -0.2) is 46.5 Å². The highest BCUT2D eigenvalue weighted by atomic mass is 16.5. The summed E-state index contributed by atoms with van der Waals surface area (Å²) in [5.74, 6) is 0.365. The van der Waals surface area contributed by atoms with Gasteiger partial charge in [0.05, 0.1) is 29.1 Å². The molecule has 0 unspecified atom stereocenters. The van der Waals surface area contributed by atoms with Gasteiger partial charge in [0.2, 0.25) is 11.8 Å². The van der Waals surface area contributed by atoms with Crippen molar-refractivity contribution in [1.82, 2.24) is 14.5 Å². The molecule has 0 saturated heterocycles. The second kappa shape index (κ2) is 12.8. The topological polar surface area (TPSA) is 110 Å². The fourth-order valence-corrected chi connectivity index (χ4v) is 5.60. The maximum absolute atomic E-state index is 13.6. The van der Waals surface area contributed by atoms with Crippen molar-refractivity contribution in [2.24, 2.45) is 11.3 Å². The van der Waals surface area contributed by atoms with E-state index in [1.807, 2.05) is 43.3 Å². The molecule has 0 aliphatic carbocycles. The van der Waals surface area contributed by atoms with E-state index < -0.39 is 5.41 Å². The zero-order valence-electron chi connectivity index (χ0n) is 26.3. The maximum atomic E-state index is 13.6.